The second-order valence-corrected chi connectivity index (χ2v) is 13.7. The quantitative estimate of drug-likeness (QED) is 0.113. The van der Waals surface area contributed by atoms with Crippen LogP contribution in [-0.4, -0.2) is 76.1 Å². The van der Waals surface area contributed by atoms with Gasteiger partial charge in [-0.25, -0.2) is 0 Å². The number of nitrogens with one attached hydrogen (secondary N) is 2. The predicted molar refractivity (Wildman–Crippen MR) is 197 cm³/mol. The summed E-state index contributed by atoms with van der Waals surface area (Å²) < 4.78 is 22.7. The molecule has 1 atom stereocenters. The van der Waals surface area contributed by atoms with Crippen LogP contribution in [0, 0.1) is 6.92 Å². The number of hydrogen-bond acceptors (Lipinski definition) is 7. The Morgan fingerprint density at radius 2 is 1.68 bits per heavy atom. The van der Waals surface area contributed by atoms with E-state index in [-0.39, 0.29) is 43.9 Å². The fourth-order valence-corrected chi connectivity index (χ4v) is 6.93. The fourth-order valence-electron chi connectivity index (χ4n) is 6.05. The number of amides is 2. The third kappa shape index (κ3) is 10.1. The number of carbonyl (C=O) groups excluding carboxylic acids is 2. The van der Waals surface area contributed by atoms with Crippen molar-refractivity contribution in [3.8, 4) is 11.5 Å². The van der Waals surface area contributed by atoms with Gasteiger partial charge in [-0.3, -0.25) is 9.59 Å². The highest BCUT2D eigenvalue weighted by molar-refractivity contribution is 6.37. The lowest BCUT2D eigenvalue weighted by Crippen LogP contribution is -2.47. The number of halogens is 3. The average molecular weight is 745 g/mol. The molecule has 50 heavy (non-hydrogen) atoms. The molecule has 2 N–H and O–H groups in total. The number of carbonyl (C=O) groups is 2. The van der Waals surface area contributed by atoms with Crippen LogP contribution in [0.2, 0.25) is 15.1 Å². The smallest absolute Gasteiger partial charge is 0.252 e. The van der Waals surface area contributed by atoms with Gasteiger partial charge in [-0.15, -0.1) is 0 Å². The molecular weight excluding hydrogens is 701 g/mol. The van der Waals surface area contributed by atoms with Crippen molar-refractivity contribution in [2.24, 2.45) is 0 Å². The molecule has 0 spiro atoms. The molecule has 1 saturated carbocycles. The number of hydrogen-bond donors (Lipinski definition) is 2. The van der Waals surface area contributed by atoms with Gasteiger partial charge < -0.3 is 34.5 Å². The first kappa shape index (κ1) is 37.9. The Morgan fingerprint density at radius 1 is 0.960 bits per heavy atom. The van der Waals surface area contributed by atoms with Gasteiger partial charge in [0.1, 0.15) is 25.8 Å². The van der Waals surface area contributed by atoms with Gasteiger partial charge in [-0.2, -0.15) is 0 Å². The number of aryl methyl sites for hydroxylation is 2. The Labute approximate surface area is 309 Å². The van der Waals surface area contributed by atoms with Crippen molar-refractivity contribution in [3.05, 3.63) is 97.5 Å². The van der Waals surface area contributed by atoms with E-state index in [1.807, 2.05) is 54.3 Å². The lowest BCUT2D eigenvalue weighted by Gasteiger charge is -2.33. The summed E-state index contributed by atoms with van der Waals surface area (Å²) in [7, 11) is 3.21. The van der Waals surface area contributed by atoms with Crippen LogP contribution in [0.1, 0.15) is 47.9 Å². The summed E-state index contributed by atoms with van der Waals surface area (Å²) in [4.78, 5) is 28.5. The van der Waals surface area contributed by atoms with E-state index >= 15 is 0 Å². The maximum atomic E-state index is 14.7. The van der Waals surface area contributed by atoms with Crippen molar-refractivity contribution >= 4 is 52.2 Å². The van der Waals surface area contributed by atoms with Crippen molar-refractivity contribution in [2.45, 2.75) is 57.7 Å². The fraction of sp³-hybridized carbons (Fsp3) is 0.421. The van der Waals surface area contributed by atoms with Gasteiger partial charge >= 0.3 is 0 Å². The molecule has 5 rings (SSSR count). The summed E-state index contributed by atoms with van der Waals surface area (Å²) in [5, 5.41) is 7.68. The van der Waals surface area contributed by atoms with Crippen LogP contribution >= 0.6 is 34.8 Å². The van der Waals surface area contributed by atoms with Crippen molar-refractivity contribution in [1.29, 1.82) is 0 Å². The highest BCUT2D eigenvalue weighted by atomic mass is 35.5. The van der Waals surface area contributed by atoms with E-state index in [0.717, 1.165) is 40.7 Å². The zero-order valence-electron chi connectivity index (χ0n) is 28.7. The van der Waals surface area contributed by atoms with E-state index in [1.165, 1.54) is 0 Å². The summed E-state index contributed by atoms with van der Waals surface area (Å²) in [6, 6.07) is 17.0. The monoisotopic (exact) mass is 743 g/mol. The third-order valence-electron chi connectivity index (χ3n) is 8.72. The highest BCUT2D eigenvalue weighted by Crippen LogP contribution is 2.37. The molecule has 0 radical (unpaired) electrons. The molecular formula is C38H44Cl3N3O6. The average Bonchev–Trinajstić information content (AvgIpc) is 3.95. The maximum Gasteiger partial charge on any atom is 0.252 e. The molecule has 0 bridgehead atoms. The molecule has 1 aliphatic carbocycles. The lowest BCUT2D eigenvalue weighted by atomic mass is 9.88. The number of nitrogens with zero attached hydrogens (tertiary/aromatic N) is 1. The Balaban J connectivity index is 1.35. The van der Waals surface area contributed by atoms with E-state index < -0.39 is 0 Å². The Morgan fingerprint density at radius 3 is 2.36 bits per heavy atom. The molecule has 1 heterocycles. The van der Waals surface area contributed by atoms with Crippen LogP contribution in [0.15, 0.2) is 60.2 Å². The van der Waals surface area contributed by atoms with Gasteiger partial charge in [-0.1, -0.05) is 59.1 Å². The minimum atomic E-state index is -0.328. The minimum absolute atomic E-state index is 0.0234. The Kier molecular flexibility index (Phi) is 13.9. The third-order valence-corrected chi connectivity index (χ3v) is 9.65. The molecule has 3 aromatic carbocycles. The zero-order chi connectivity index (χ0) is 35.6. The van der Waals surface area contributed by atoms with Gasteiger partial charge in [0.05, 0.1) is 22.7 Å². The van der Waals surface area contributed by atoms with Gasteiger partial charge in [0.25, 0.3) is 5.91 Å². The Hall–Kier alpha value is -3.31. The van der Waals surface area contributed by atoms with Gasteiger partial charge in [0.15, 0.2) is 5.75 Å². The predicted octanol–water partition coefficient (Wildman–Crippen LogP) is 7.02. The van der Waals surface area contributed by atoms with E-state index in [1.54, 1.807) is 26.3 Å². The van der Waals surface area contributed by atoms with Gasteiger partial charge in [0.2, 0.25) is 5.91 Å². The first-order valence-electron chi connectivity index (χ1n) is 16.8. The van der Waals surface area contributed by atoms with E-state index in [0.29, 0.717) is 71.1 Å². The number of methoxy groups -OCH3 is 1. The largest absolute Gasteiger partial charge is 0.490 e. The molecule has 0 aromatic heterocycles. The Bertz CT molecular complexity index is 1660. The van der Waals surface area contributed by atoms with Crippen molar-refractivity contribution in [1.82, 2.24) is 15.5 Å². The van der Waals surface area contributed by atoms with Gasteiger partial charge in [0, 0.05) is 43.8 Å². The molecule has 12 heteroatoms. The SMILES string of the molecule is CNC(=O)CCc1ccc(Cl)c(CN(C(=O)C2=C(c3ccc(OCCOc4c(Cl)cc(C)cc4Cl)cc3)CCNC2COCOC)C2CC2)c1. The molecule has 268 valence electrons. The maximum absolute atomic E-state index is 14.7. The number of rotatable bonds is 17. The van der Waals surface area contributed by atoms with Crippen molar-refractivity contribution < 1.29 is 28.5 Å². The molecule has 0 saturated heterocycles. The van der Waals surface area contributed by atoms with Gasteiger partial charge in [-0.05, 0) is 97.3 Å². The first-order valence-corrected chi connectivity index (χ1v) is 18.0. The lowest BCUT2D eigenvalue weighted by molar-refractivity contribution is -0.129. The van der Waals surface area contributed by atoms with E-state index in [9.17, 15) is 9.59 Å². The molecule has 3 aromatic rings. The normalized spacial score (nSPS) is 15.9. The minimum Gasteiger partial charge on any atom is -0.490 e. The molecule has 1 fully saturated rings. The van der Waals surface area contributed by atoms with Crippen LogP contribution in [0.4, 0.5) is 0 Å². The second kappa shape index (κ2) is 18.3. The molecule has 1 aliphatic heterocycles. The zero-order valence-corrected chi connectivity index (χ0v) is 30.9. The second-order valence-electron chi connectivity index (χ2n) is 12.5. The molecule has 1 unspecified atom stereocenters. The highest BCUT2D eigenvalue weighted by Gasteiger charge is 2.38. The number of benzene rings is 3. The van der Waals surface area contributed by atoms with Crippen LogP contribution in [0.5, 0.6) is 11.5 Å². The summed E-state index contributed by atoms with van der Waals surface area (Å²) in [6.07, 6.45) is 3.49. The number of ether oxygens (including phenoxy) is 4. The summed E-state index contributed by atoms with van der Waals surface area (Å²) in [6.45, 7) is 3.94. The van der Waals surface area contributed by atoms with E-state index in [4.69, 9.17) is 53.8 Å². The van der Waals surface area contributed by atoms with Crippen LogP contribution in [0.25, 0.3) is 5.57 Å². The molecule has 2 aliphatic rings. The molecule has 9 nitrogen and oxygen atoms in total. The first-order chi connectivity index (χ1) is 24.2. The van der Waals surface area contributed by atoms with Crippen LogP contribution in [0.3, 0.4) is 0 Å². The summed E-state index contributed by atoms with van der Waals surface area (Å²) >= 11 is 19.3. The molecule has 2 amide bonds. The van der Waals surface area contributed by atoms with Crippen molar-refractivity contribution in [2.75, 3.05) is 47.3 Å². The standard InChI is InChI=1S/C38H44Cl3N3O6/c1-24-18-32(40)37(33(41)19-24)50-17-16-49-29-10-6-26(7-11-29)30-14-15-43-34(22-48-23-47-3)36(30)38(46)44(28-8-9-28)21-27-20-25(4-12-31(27)39)5-13-35(45)42-2/h4,6-7,10-12,18-20,28,34,43H,5,8-9,13-17,21-23H2,1-3H3,(H,42,45). The van der Waals surface area contributed by atoms with E-state index in [2.05, 4.69) is 10.6 Å². The van der Waals surface area contributed by atoms with Crippen LogP contribution in [-0.2, 0) is 32.0 Å². The van der Waals surface area contributed by atoms with Crippen LogP contribution < -0.4 is 20.1 Å². The topological polar surface area (TPSA) is 98.4 Å². The summed E-state index contributed by atoms with van der Waals surface area (Å²) in [5.74, 6) is 1.04. The van der Waals surface area contributed by atoms with Crippen molar-refractivity contribution in [3.63, 3.8) is 0 Å². The summed E-state index contributed by atoms with van der Waals surface area (Å²) in [5.41, 5.74) is 5.40.